The first-order valence-electron chi connectivity index (χ1n) is 3.94. The van der Waals surface area contributed by atoms with Gasteiger partial charge in [-0.2, -0.15) is 10.0 Å². The minimum absolute atomic E-state index is 0.371. The molecule has 15 heavy (non-hydrogen) atoms. The summed E-state index contributed by atoms with van der Waals surface area (Å²) in [6.45, 7) is 1.86. The summed E-state index contributed by atoms with van der Waals surface area (Å²) >= 11 is 2.49. The van der Waals surface area contributed by atoms with Crippen molar-refractivity contribution in [2.24, 2.45) is 0 Å². The highest BCUT2D eigenvalue weighted by atomic mass is 32.1. The Balaban J connectivity index is 2.32. The third-order valence-corrected chi connectivity index (χ3v) is 2.82. The molecule has 0 saturated heterocycles. The molecular formula is C6H8N6OS2. The van der Waals surface area contributed by atoms with Gasteiger partial charge >= 0.3 is 0 Å². The van der Waals surface area contributed by atoms with Gasteiger partial charge in [0.2, 0.25) is 10.3 Å². The molecule has 0 aliphatic heterocycles. The zero-order valence-corrected chi connectivity index (χ0v) is 9.67. The van der Waals surface area contributed by atoms with Crippen molar-refractivity contribution in [2.75, 3.05) is 17.9 Å². The van der Waals surface area contributed by atoms with Crippen LogP contribution in [0.5, 0.6) is 0 Å². The standard InChI is InChI=1S/C6H8N6OS2/c1-3-9-10-6(14-3)12(13-2)5-8-4(7)15-11-5/h1-2H3,(H2,7,8,11). The van der Waals surface area contributed by atoms with E-state index in [4.69, 9.17) is 10.6 Å². The highest BCUT2D eigenvalue weighted by molar-refractivity contribution is 7.15. The Kier molecular flexibility index (Phi) is 2.75. The van der Waals surface area contributed by atoms with Gasteiger partial charge in [0.15, 0.2) is 0 Å². The Morgan fingerprint density at radius 1 is 1.40 bits per heavy atom. The van der Waals surface area contributed by atoms with Crippen LogP contribution in [0.1, 0.15) is 5.01 Å². The summed E-state index contributed by atoms with van der Waals surface area (Å²) in [5.74, 6) is 0.371. The van der Waals surface area contributed by atoms with E-state index in [2.05, 4.69) is 19.6 Å². The topological polar surface area (TPSA) is 90.0 Å². The molecule has 0 aromatic carbocycles. The molecule has 9 heteroatoms. The molecule has 0 aliphatic rings. The van der Waals surface area contributed by atoms with E-state index in [0.717, 1.165) is 16.5 Å². The first-order valence-corrected chi connectivity index (χ1v) is 5.53. The molecule has 0 spiro atoms. The van der Waals surface area contributed by atoms with Gasteiger partial charge in [0.05, 0.1) is 7.11 Å². The van der Waals surface area contributed by atoms with E-state index in [9.17, 15) is 0 Å². The molecule has 0 saturated carbocycles. The Hall–Kier alpha value is -1.32. The summed E-state index contributed by atoms with van der Waals surface area (Å²) in [6.07, 6.45) is 0. The predicted octanol–water partition coefficient (Wildman–Crippen LogP) is 0.980. The zero-order chi connectivity index (χ0) is 10.8. The van der Waals surface area contributed by atoms with Gasteiger partial charge in [-0.25, -0.2) is 0 Å². The van der Waals surface area contributed by atoms with Crippen LogP contribution in [-0.4, -0.2) is 26.7 Å². The molecule has 0 bridgehead atoms. The summed E-state index contributed by atoms with van der Waals surface area (Å²) in [5.41, 5.74) is 5.48. The van der Waals surface area contributed by atoms with Crippen LogP contribution >= 0.6 is 22.9 Å². The maximum Gasteiger partial charge on any atom is 0.270 e. The number of rotatable bonds is 3. The number of aryl methyl sites for hydroxylation is 1. The molecule has 0 amide bonds. The SMILES string of the molecule is CON(c1nsc(N)n1)c1nnc(C)s1. The molecule has 0 radical (unpaired) electrons. The normalized spacial score (nSPS) is 10.5. The first-order chi connectivity index (χ1) is 7.20. The lowest BCUT2D eigenvalue weighted by Gasteiger charge is -2.12. The number of hydrogen-bond donors (Lipinski definition) is 1. The summed E-state index contributed by atoms with van der Waals surface area (Å²) in [5, 5.41) is 11.0. The molecule has 7 nitrogen and oxygen atoms in total. The van der Waals surface area contributed by atoms with Gasteiger partial charge in [-0.1, -0.05) is 11.3 Å². The molecular weight excluding hydrogens is 236 g/mol. The smallest absolute Gasteiger partial charge is 0.270 e. The molecule has 0 fully saturated rings. The van der Waals surface area contributed by atoms with Crippen LogP contribution < -0.4 is 10.8 Å². The fourth-order valence-electron chi connectivity index (χ4n) is 0.923. The van der Waals surface area contributed by atoms with E-state index in [-0.39, 0.29) is 0 Å². The van der Waals surface area contributed by atoms with E-state index < -0.39 is 0 Å². The molecule has 2 rings (SSSR count). The van der Waals surface area contributed by atoms with Crippen LogP contribution in [0.4, 0.5) is 16.2 Å². The lowest BCUT2D eigenvalue weighted by atomic mass is 10.9. The highest BCUT2D eigenvalue weighted by Gasteiger charge is 2.17. The lowest BCUT2D eigenvalue weighted by Crippen LogP contribution is -2.16. The Morgan fingerprint density at radius 2 is 2.20 bits per heavy atom. The quantitative estimate of drug-likeness (QED) is 0.805. The van der Waals surface area contributed by atoms with Crippen molar-refractivity contribution in [1.29, 1.82) is 0 Å². The first kappa shape index (κ1) is 10.2. The molecule has 2 N–H and O–H groups in total. The van der Waals surface area contributed by atoms with Gasteiger partial charge in [0.1, 0.15) is 5.01 Å². The van der Waals surface area contributed by atoms with Crippen LogP contribution in [0.15, 0.2) is 0 Å². The summed E-state index contributed by atoms with van der Waals surface area (Å²) in [4.78, 5) is 9.11. The molecule has 0 atom stereocenters. The number of nitrogens with two attached hydrogens (primary N) is 1. The number of nitrogen functional groups attached to an aromatic ring is 1. The van der Waals surface area contributed by atoms with Crippen LogP contribution in [0, 0.1) is 6.92 Å². The lowest BCUT2D eigenvalue weighted by molar-refractivity contribution is 0.197. The van der Waals surface area contributed by atoms with Gasteiger partial charge in [0, 0.05) is 11.5 Å². The third-order valence-electron chi connectivity index (χ3n) is 1.48. The molecule has 2 heterocycles. The van der Waals surface area contributed by atoms with Gasteiger partial charge in [0.25, 0.3) is 5.95 Å². The number of anilines is 3. The van der Waals surface area contributed by atoms with Crippen molar-refractivity contribution in [1.82, 2.24) is 19.6 Å². The van der Waals surface area contributed by atoms with E-state index in [1.165, 1.54) is 23.5 Å². The van der Waals surface area contributed by atoms with Crippen molar-refractivity contribution >= 4 is 39.1 Å². The summed E-state index contributed by atoms with van der Waals surface area (Å²) in [7, 11) is 1.51. The Bertz CT molecular complexity index is 414. The van der Waals surface area contributed by atoms with Crippen molar-refractivity contribution in [3.63, 3.8) is 0 Å². The van der Waals surface area contributed by atoms with Crippen LogP contribution in [0.3, 0.4) is 0 Å². The van der Waals surface area contributed by atoms with Gasteiger partial charge in [-0.05, 0) is 6.92 Å². The van der Waals surface area contributed by atoms with E-state index in [1.807, 2.05) is 6.92 Å². The maximum atomic E-state index is 5.48. The fourth-order valence-corrected chi connectivity index (χ4v) is 2.00. The fraction of sp³-hybridized carbons (Fsp3) is 0.333. The molecule has 80 valence electrons. The molecule has 2 aromatic heterocycles. The van der Waals surface area contributed by atoms with E-state index in [1.54, 1.807) is 0 Å². The number of aromatic nitrogens is 4. The number of hydrogen-bond acceptors (Lipinski definition) is 9. The van der Waals surface area contributed by atoms with E-state index in [0.29, 0.717) is 16.2 Å². The highest BCUT2D eigenvalue weighted by Crippen LogP contribution is 2.27. The van der Waals surface area contributed by atoms with Gasteiger partial charge < -0.3 is 5.73 Å². The largest absolute Gasteiger partial charge is 0.374 e. The second-order valence-electron chi connectivity index (χ2n) is 2.51. The molecule has 0 unspecified atom stereocenters. The van der Waals surface area contributed by atoms with E-state index >= 15 is 0 Å². The predicted molar refractivity (Wildman–Crippen MR) is 58.1 cm³/mol. The number of nitrogens with zero attached hydrogens (tertiary/aromatic N) is 5. The molecule has 2 aromatic rings. The van der Waals surface area contributed by atoms with Crippen molar-refractivity contribution in [2.45, 2.75) is 6.92 Å². The van der Waals surface area contributed by atoms with Gasteiger partial charge in [-0.15, -0.1) is 14.6 Å². The summed E-state index contributed by atoms with van der Waals surface area (Å²) < 4.78 is 4.02. The maximum absolute atomic E-state index is 5.48. The minimum atomic E-state index is 0.371. The van der Waals surface area contributed by atoms with Crippen molar-refractivity contribution in [3.8, 4) is 0 Å². The third kappa shape index (κ3) is 2.03. The van der Waals surface area contributed by atoms with Crippen molar-refractivity contribution in [3.05, 3.63) is 5.01 Å². The Labute approximate surface area is 93.7 Å². The minimum Gasteiger partial charge on any atom is -0.374 e. The zero-order valence-electron chi connectivity index (χ0n) is 8.04. The van der Waals surface area contributed by atoms with Gasteiger partial charge in [-0.3, -0.25) is 4.84 Å². The second kappa shape index (κ2) is 4.04. The monoisotopic (exact) mass is 244 g/mol. The Morgan fingerprint density at radius 3 is 2.67 bits per heavy atom. The van der Waals surface area contributed by atoms with Crippen LogP contribution in [0.2, 0.25) is 0 Å². The average molecular weight is 244 g/mol. The van der Waals surface area contributed by atoms with Crippen molar-refractivity contribution < 1.29 is 4.84 Å². The summed E-state index contributed by atoms with van der Waals surface area (Å²) in [6, 6.07) is 0. The average Bonchev–Trinajstić information content (AvgIpc) is 2.78. The molecule has 0 aliphatic carbocycles. The second-order valence-corrected chi connectivity index (χ2v) is 4.46. The van der Waals surface area contributed by atoms with Crippen LogP contribution in [-0.2, 0) is 4.84 Å². The van der Waals surface area contributed by atoms with Crippen LogP contribution in [0.25, 0.3) is 0 Å².